The van der Waals surface area contributed by atoms with Crippen LogP contribution in [-0.2, 0) is 6.42 Å². The van der Waals surface area contributed by atoms with E-state index in [0.717, 1.165) is 6.42 Å². The number of hydrogen-bond acceptors (Lipinski definition) is 0. The number of rotatable bonds is 0. The van der Waals surface area contributed by atoms with Crippen LogP contribution in [0.15, 0.2) is 60.7 Å². The summed E-state index contributed by atoms with van der Waals surface area (Å²) in [5, 5.41) is 2.66. The molecule has 1 aliphatic carbocycles. The second-order valence-electron chi connectivity index (χ2n) is 5.56. The molecule has 20 heavy (non-hydrogen) atoms. The summed E-state index contributed by atoms with van der Waals surface area (Å²) < 4.78 is 0. The molecule has 5 rings (SSSR count). The Hall–Kier alpha value is -2.54. The van der Waals surface area contributed by atoms with Gasteiger partial charge in [0.2, 0.25) is 0 Å². The van der Waals surface area contributed by atoms with E-state index >= 15 is 0 Å². The molecule has 1 heteroatoms. The Morgan fingerprint density at radius 3 is 2.50 bits per heavy atom. The average Bonchev–Trinajstić information content (AvgIpc) is 3.02. The topological polar surface area (TPSA) is 15.8 Å². The van der Waals surface area contributed by atoms with E-state index in [1.165, 1.54) is 44.1 Å². The minimum Gasteiger partial charge on any atom is -0.354 e. The normalized spacial score (nSPS) is 12.8. The maximum absolute atomic E-state index is 3.54. The predicted molar refractivity (Wildman–Crippen MR) is 84.0 cm³/mol. The van der Waals surface area contributed by atoms with Crippen LogP contribution in [0.25, 0.3) is 32.9 Å². The summed E-state index contributed by atoms with van der Waals surface area (Å²) in [6, 6.07) is 21.9. The predicted octanol–water partition coefficient (Wildman–Crippen LogP) is 4.89. The maximum Gasteiger partial charge on any atom is 0.0471 e. The van der Waals surface area contributed by atoms with Gasteiger partial charge in [0, 0.05) is 21.8 Å². The van der Waals surface area contributed by atoms with Gasteiger partial charge in [0.15, 0.2) is 0 Å². The number of para-hydroxylation sites is 1. The third-order valence-electron chi connectivity index (χ3n) is 4.42. The highest BCUT2D eigenvalue weighted by molar-refractivity contribution is 6.09. The zero-order chi connectivity index (χ0) is 13.1. The van der Waals surface area contributed by atoms with Gasteiger partial charge in [0.1, 0.15) is 0 Å². The van der Waals surface area contributed by atoms with Crippen molar-refractivity contribution >= 4 is 21.8 Å². The maximum atomic E-state index is 3.54. The minimum atomic E-state index is 1.06. The van der Waals surface area contributed by atoms with Crippen LogP contribution in [0.3, 0.4) is 0 Å². The zero-order valence-electron chi connectivity index (χ0n) is 11.0. The van der Waals surface area contributed by atoms with Crippen molar-refractivity contribution in [1.29, 1.82) is 0 Å². The first-order valence-electron chi connectivity index (χ1n) is 7.02. The average molecular weight is 255 g/mol. The lowest BCUT2D eigenvalue weighted by Crippen LogP contribution is -1.80. The summed E-state index contributed by atoms with van der Waals surface area (Å²) >= 11 is 0. The number of H-pyrrole nitrogens is 1. The van der Waals surface area contributed by atoms with Gasteiger partial charge < -0.3 is 4.98 Å². The molecule has 94 valence electrons. The van der Waals surface area contributed by atoms with Gasteiger partial charge in [0.25, 0.3) is 0 Å². The molecule has 0 saturated carbocycles. The van der Waals surface area contributed by atoms with Crippen molar-refractivity contribution in [2.45, 2.75) is 6.42 Å². The molecule has 1 aliphatic rings. The van der Waals surface area contributed by atoms with Crippen molar-refractivity contribution in [3.8, 4) is 11.1 Å². The summed E-state index contributed by atoms with van der Waals surface area (Å²) in [7, 11) is 0. The smallest absolute Gasteiger partial charge is 0.0471 e. The Morgan fingerprint density at radius 1 is 0.650 bits per heavy atom. The van der Waals surface area contributed by atoms with E-state index in [1.54, 1.807) is 0 Å². The van der Waals surface area contributed by atoms with Crippen LogP contribution < -0.4 is 0 Å². The molecular formula is C19H13N. The van der Waals surface area contributed by atoms with Crippen LogP contribution >= 0.6 is 0 Å². The number of nitrogens with one attached hydrogen (secondary N) is 1. The van der Waals surface area contributed by atoms with Crippen LogP contribution in [0.1, 0.15) is 11.1 Å². The van der Waals surface area contributed by atoms with Crippen molar-refractivity contribution in [2.75, 3.05) is 0 Å². The van der Waals surface area contributed by atoms with E-state index in [9.17, 15) is 0 Å². The minimum absolute atomic E-state index is 1.06. The molecule has 1 N–H and O–H groups in total. The van der Waals surface area contributed by atoms with E-state index in [4.69, 9.17) is 0 Å². The van der Waals surface area contributed by atoms with Crippen molar-refractivity contribution < 1.29 is 0 Å². The van der Waals surface area contributed by atoms with Crippen molar-refractivity contribution in [3.05, 3.63) is 71.8 Å². The first-order valence-corrected chi connectivity index (χ1v) is 7.02. The van der Waals surface area contributed by atoms with Crippen LogP contribution in [0.4, 0.5) is 0 Å². The van der Waals surface area contributed by atoms with Crippen molar-refractivity contribution in [3.63, 3.8) is 0 Å². The summed E-state index contributed by atoms with van der Waals surface area (Å²) in [4.78, 5) is 3.54. The van der Waals surface area contributed by atoms with Gasteiger partial charge in [-0.25, -0.2) is 0 Å². The molecule has 0 bridgehead atoms. The van der Waals surface area contributed by atoms with Crippen molar-refractivity contribution in [2.24, 2.45) is 0 Å². The van der Waals surface area contributed by atoms with Gasteiger partial charge >= 0.3 is 0 Å². The van der Waals surface area contributed by atoms with Crippen LogP contribution in [0.2, 0.25) is 0 Å². The molecule has 4 aromatic rings. The summed E-state index contributed by atoms with van der Waals surface area (Å²) in [5.41, 5.74) is 8.13. The zero-order valence-corrected chi connectivity index (χ0v) is 11.0. The summed E-state index contributed by atoms with van der Waals surface area (Å²) in [6.07, 6.45) is 1.06. The van der Waals surface area contributed by atoms with E-state index < -0.39 is 0 Å². The lowest BCUT2D eigenvalue weighted by Gasteiger charge is -2.01. The number of benzene rings is 3. The first-order chi connectivity index (χ1) is 9.90. The fourth-order valence-corrected chi connectivity index (χ4v) is 3.48. The van der Waals surface area contributed by atoms with E-state index in [0.29, 0.717) is 0 Å². The third-order valence-corrected chi connectivity index (χ3v) is 4.42. The van der Waals surface area contributed by atoms with E-state index in [1.807, 2.05) is 0 Å². The molecule has 0 amide bonds. The molecule has 1 nitrogen and oxygen atoms in total. The highest BCUT2D eigenvalue weighted by Gasteiger charge is 2.19. The summed E-state index contributed by atoms with van der Waals surface area (Å²) in [6.45, 7) is 0. The quantitative estimate of drug-likeness (QED) is 0.405. The lowest BCUT2D eigenvalue weighted by atomic mass is 10.0. The lowest BCUT2D eigenvalue weighted by molar-refractivity contribution is 1.27. The Bertz CT molecular complexity index is 976. The van der Waals surface area contributed by atoms with Gasteiger partial charge in [-0.3, -0.25) is 0 Å². The summed E-state index contributed by atoms with van der Waals surface area (Å²) in [5.74, 6) is 0. The molecule has 0 spiro atoms. The Balaban J connectivity index is 1.90. The molecule has 1 heterocycles. The molecule has 0 aliphatic heterocycles. The number of aromatic nitrogens is 1. The molecule has 0 fully saturated rings. The Kier molecular flexibility index (Phi) is 1.80. The van der Waals surface area contributed by atoms with Crippen molar-refractivity contribution in [1.82, 2.24) is 4.98 Å². The monoisotopic (exact) mass is 255 g/mol. The third kappa shape index (κ3) is 1.22. The standard InChI is InChI=1S/C19H13N/c1-2-6-14-12(5-1)9-13-10-17-15-7-3-4-8-18(15)20-19(17)11-16(13)14/h1-8,10-11,20H,9H2. The Morgan fingerprint density at radius 2 is 1.50 bits per heavy atom. The molecule has 1 aromatic heterocycles. The van der Waals surface area contributed by atoms with Gasteiger partial charge in [-0.2, -0.15) is 0 Å². The van der Waals surface area contributed by atoms with E-state index in [2.05, 4.69) is 65.6 Å². The number of fused-ring (bicyclic) bond motifs is 6. The number of hydrogen-bond donors (Lipinski definition) is 1. The van der Waals surface area contributed by atoms with Gasteiger partial charge in [-0.1, -0.05) is 42.5 Å². The van der Waals surface area contributed by atoms with Gasteiger partial charge in [-0.05, 0) is 46.9 Å². The largest absolute Gasteiger partial charge is 0.354 e. The second kappa shape index (κ2) is 3.51. The van der Waals surface area contributed by atoms with Crippen LogP contribution in [0.5, 0.6) is 0 Å². The van der Waals surface area contributed by atoms with Crippen LogP contribution in [0, 0.1) is 0 Å². The fraction of sp³-hybridized carbons (Fsp3) is 0.0526. The molecular weight excluding hydrogens is 242 g/mol. The highest BCUT2D eigenvalue weighted by Crippen LogP contribution is 2.40. The first kappa shape index (κ1) is 10.3. The van der Waals surface area contributed by atoms with Crippen LogP contribution in [-0.4, -0.2) is 4.98 Å². The number of aromatic amines is 1. The van der Waals surface area contributed by atoms with Gasteiger partial charge in [-0.15, -0.1) is 0 Å². The highest BCUT2D eigenvalue weighted by atomic mass is 14.7. The molecule has 0 atom stereocenters. The molecule has 0 unspecified atom stereocenters. The second-order valence-corrected chi connectivity index (χ2v) is 5.56. The molecule has 3 aromatic carbocycles. The fourth-order valence-electron chi connectivity index (χ4n) is 3.48. The van der Waals surface area contributed by atoms with Gasteiger partial charge in [0.05, 0.1) is 0 Å². The Labute approximate surface area is 116 Å². The molecule has 0 saturated heterocycles. The SMILES string of the molecule is c1ccc2c(c1)Cc1cc3c(cc1-2)[nH]c1ccccc13. The van der Waals surface area contributed by atoms with E-state index in [-0.39, 0.29) is 0 Å². The molecule has 0 radical (unpaired) electrons.